The first-order valence-corrected chi connectivity index (χ1v) is 5.35. The third-order valence-corrected chi connectivity index (χ3v) is 1.77. The highest BCUT2D eigenvalue weighted by Gasteiger charge is 2.29. The zero-order valence-electron chi connectivity index (χ0n) is 10.2. The third kappa shape index (κ3) is 5.94. The molecule has 0 aliphatic rings. The average molecular weight is 246 g/mol. The van der Waals surface area contributed by atoms with Crippen molar-refractivity contribution in [1.82, 2.24) is 0 Å². The summed E-state index contributed by atoms with van der Waals surface area (Å²) in [6, 6.07) is 4.74. The second-order valence-electron chi connectivity index (χ2n) is 3.21. The number of benzene rings is 1. The normalized spacial score (nSPS) is 10.2. The van der Waals surface area contributed by atoms with Crippen LogP contribution in [0.3, 0.4) is 0 Å². The van der Waals surface area contributed by atoms with Crippen LogP contribution in [0, 0.1) is 5.41 Å². The second-order valence-corrected chi connectivity index (χ2v) is 3.21. The van der Waals surface area contributed by atoms with Gasteiger partial charge in [0.05, 0.1) is 12.1 Å². The van der Waals surface area contributed by atoms with E-state index in [0.717, 1.165) is 12.1 Å². The van der Waals surface area contributed by atoms with Gasteiger partial charge in [-0.3, -0.25) is 0 Å². The lowest BCUT2D eigenvalue weighted by molar-refractivity contribution is -0.137. The minimum atomic E-state index is -4.30. The first-order valence-electron chi connectivity index (χ1n) is 5.35. The van der Waals surface area contributed by atoms with E-state index in [1.807, 2.05) is 13.8 Å². The quantitative estimate of drug-likeness (QED) is 0.771. The molecule has 0 radical (unpaired) electrons. The first-order chi connectivity index (χ1) is 7.89. The Kier molecular flexibility index (Phi) is 6.31. The Morgan fingerprint density at radius 1 is 1.18 bits per heavy atom. The van der Waals surface area contributed by atoms with Crippen molar-refractivity contribution in [3.05, 3.63) is 29.8 Å². The molecule has 0 saturated carbocycles. The zero-order valence-corrected chi connectivity index (χ0v) is 10.2. The van der Waals surface area contributed by atoms with Crippen LogP contribution in [-0.2, 0) is 6.18 Å². The second kappa shape index (κ2) is 6.93. The summed E-state index contributed by atoms with van der Waals surface area (Å²) in [6.07, 6.45) is -4.30. The molecule has 0 bridgehead atoms. The van der Waals surface area contributed by atoms with E-state index in [-0.39, 0.29) is 0 Å². The lowest BCUT2D eigenvalue weighted by atomic mass is 10.2. The lowest BCUT2D eigenvalue weighted by Gasteiger charge is -2.08. The van der Waals surface area contributed by atoms with E-state index in [9.17, 15) is 13.2 Å². The molecule has 1 aromatic carbocycles. The van der Waals surface area contributed by atoms with Crippen LogP contribution in [0.2, 0.25) is 0 Å². The van der Waals surface area contributed by atoms with Crippen molar-refractivity contribution in [3.63, 3.8) is 0 Å². The van der Waals surface area contributed by atoms with Crippen molar-refractivity contribution in [2.24, 2.45) is 0 Å². The topological polar surface area (TPSA) is 35.9 Å². The van der Waals surface area contributed by atoms with E-state index in [1.54, 1.807) is 6.92 Å². The number of nitrogens with one attached hydrogen (secondary N) is 2. The van der Waals surface area contributed by atoms with Crippen LogP contribution in [0.5, 0.6) is 0 Å². The Morgan fingerprint density at radius 3 is 2.00 bits per heavy atom. The molecule has 0 aliphatic carbocycles. The molecule has 1 rings (SSSR count). The van der Waals surface area contributed by atoms with Gasteiger partial charge >= 0.3 is 6.18 Å². The minimum Gasteiger partial charge on any atom is -0.380 e. The predicted octanol–water partition coefficient (Wildman–Crippen LogP) is 4.18. The van der Waals surface area contributed by atoms with Crippen molar-refractivity contribution in [2.75, 3.05) is 11.9 Å². The van der Waals surface area contributed by atoms with Gasteiger partial charge in [-0.05, 0) is 31.2 Å². The first kappa shape index (κ1) is 15.5. The van der Waals surface area contributed by atoms with E-state index in [4.69, 9.17) is 5.41 Å². The van der Waals surface area contributed by atoms with Crippen molar-refractivity contribution in [1.29, 1.82) is 5.41 Å². The molecule has 2 nitrogen and oxygen atoms in total. The summed E-state index contributed by atoms with van der Waals surface area (Å²) < 4.78 is 36.5. The molecule has 0 heterocycles. The maximum Gasteiger partial charge on any atom is 0.416 e. The smallest absolute Gasteiger partial charge is 0.380 e. The minimum absolute atomic E-state index is 0.339. The van der Waals surface area contributed by atoms with Crippen LogP contribution in [0.1, 0.15) is 26.3 Å². The Balaban J connectivity index is 0.00000121. The van der Waals surface area contributed by atoms with Gasteiger partial charge in [0.2, 0.25) is 0 Å². The van der Waals surface area contributed by atoms with Gasteiger partial charge in [-0.25, -0.2) is 0 Å². The van der Waals surface area contributed by atoms with E-state index < -0.39 is 11.7 Å². The van der Waals surface area contributed by atoms with Gasteiger partial charge in [0.15, 0.2) is 0 Å². The standard InChI is InChI=1S/C10H11F3N2.C2H6/c1-7(14)6-15-9-4-2-8(3-5-9)10(11,12)13;1-2/h2-5,14-15H,6H2,1H3;1-2H3. The number of hydrogen-bond donors (Lipinski definition) is 2. The summed E-state index contributed by atoms with van der Waals surface area (Å²) in [5.41, 5.74) is 0.337. The fourth-order valence-corrected chi connectivity index (χ4v) is 1.01. The summed E-state index contributed by atoms with van der Waals surface area (Å²) >= 11 is 0. The number of rotatable bonds is 3. The summed E-state index contributed by atoms with van der Waals surface area (Å²) in [5.74, 6) is 0. The van der Waals surface area contributed by atoms with Gasteiger partial charge < -0.3 is 10.7 Å². The highest BCUT2D eigenvalue weighted by molar-refractivity contribution is 5.83. The fraction of sp³-hybridized carbons (Fsp3) is 0.417. The molecule has 0 amide bonds. The SMILES string of the molecule is CC.CC(=N)CNc1ccc(C(F)(F)F)cc1. The van der Waals surface area contributed by atoms with Gasteiger partial charge in [-0.2, -0.15) is 13.2 Å². The van der Waals surface area contributed by atoms with Gasteiger partial charge in [0.1, 0.15) is 0 Å². The van der Waals surface area contributed by atoms with Crippen LogP contribution in [0.25, 0.3) is 0 Å². The molecule has 0 unspecified atom stereocenters. The van der Waals surface area contributed by atoms with Crippen LogP contribution >= 0.6 is 0 Å². The summed E-state index contributed by atoms with van der Waals surface area (Å²) in [6.45, 7) is 5.96. The molecule has 17 heavy (non-hydrogen) atoms. The molecule has 5 heteroatoms. The van der Waals surface area contributed by atoms with Gasteiger partial charge in [-0.15, -0.1) is 0 Å². The van der Waals surface area contributed by atoms with E-state index >= 15 is 0 Å². The molecular weight excluding hydrogens is 229 g/mol. The van der Waals surface area contributed by atoms with Gasteiger partial charge in [-0.1, -0.05) is 13.8 Å². The van der Waals surface area contributed by atoms with Crippen molar-refractivity contribution < 1.29 is 13.2 Å². The molecule has 2 N–H and O–H groups in total. The Morgan fingerprint density at radius 2 is 1.65 bits per heavy atom. The predicted molar refractivity (Wildman–Crippen MR) is 64.7 cm³/mol. The highest BCUT2D eigenvalue weighted by Crippen LogP contribution is 2.29. The maximum absolute atomic E-state index is 12.2. The third-order valence-electron chi connectivity index (χ3n) is 1.77. The average Bonchev–Trinajstić information content (AvgIpc) is 2.28. The number of anilines is 1. The van der Waals surface area contributed by atoms with Crippen LogP contribution in [0.4, 0.5) is 18.9 Å². The van der Waals surface area contributed by atoms with Crippen LogP contribution < -0.4 is 5.32 Å². The van der Waals surface area contributed by atoms with Crippen molar-refractivity contribution >= 4 is 11.4 Å². The summed E-state index contributed by atoms with van der Waals surface area (Å²) in [7, 11) is 0. The number of halogens is 3. The Bertz CT molecular complexity index is 342. The fourth-order valence-electron chi connectivity index (χ4n) is 1.01. The molecule has 0 aromatic heterocycles. The molecular formula is C12H17F3N2. The molecule has 0 saturated heterocycles. The molecule has 0 spiro atoms. The van der Waals surface area contributed by atoms with E-state index in [2.05, 4.69) is 5.32 Å². The Labute approximate surface area is 99.4 Å². The maximum atomic E-state index is 12.2. The van der Waals surface area contributed by atoms with E-state index in [0.29, 0.717) is 17.9 Å². The monoisotopic (exact) mass is 246 g/mol. The van der Waals surface area contributed by atoms with Gasteiger partial charge in [0, 0.05) is 11.4 Å². The van der Waals surface area contributed by atoms with Crippen LogP contribution in [0.15, 0.2) is 24.3 Å². The molecule has 0 fully saturated rings. The molecule has 0 aliphatic heterocycles. The summed E-state index contributed by atoms with van der Waals surface area (Å²) in [4.78, 5) is 0. The zero-order chi connectivity index (χ0) is 13.5. The van der Waals surface area contributed by atoms with Crippen molar-refractivity contribution in [3.8, 4) is 0 Å². The lowest BCUT2D eigenvalue weighted by Crippen LogP contribution is -2.10. The molecule has 1 aromatic rings. The molecule has 96 valence electrons. The number of alkyl halides is 3. The van der Waals surface area contributed by atoms with Crippen LogP contribution in [-0.4, -0.2) is 12.3 Å². The summed E-state index contributed by atoms with van der Waals surface area (Å²) in [5, 5.41) is 9.97. The largest absolute Gasteiger partial charge is 0.416 e. The number of hydrogen-bond acceptors (Lipinski definition) is 2. The highest BCUT2D eigenvalue weighted by atomic mass is 19.4. The van der Waals surface area contributed by atoms with Gasteiger partial charge in [0.25, 0.3) is 0 Å². The molecule has 0 atom stereocenters. The Hall–Kier alpha value is -1.52. The van der Waals surface area contributed by atoms with E-state index in [1.165, 1.54) is 12.1 Å². The van der Waals surface area contributed by atoms with Crippen molar-refractivity contribution in [2.45, 2.75) is 26.9 Å².